The molecular weight excluding hydrogens is 157 g/mol. The molecule has 0 fully saturated rings. The van der Waals surface area contributed by atoms with Gasteiger partial charge >= 0.3 is 0 Å². The molecular formula is C9H9FNO. The Kier molecular flexibility index (Phi) is 2.80. The topological polar surface area (TPSA) is 29.1 Å². The maximum Gasteiger partial charge on any atom is 0.220 e. The van der Waals surface area contributed by atoms with Crippen LogP contribution in [0.4, 0.5) is 4.39 Å². The van der Waals surface area contributed by atoms with Crippen molar-refractivity contribution >= 4 is 5.91 Å². The van der Waals surface area contributed by atoms with Crippen LogP contribution >= 0.6 is 0 Å². The lowest BCUT2D eigenvalue weighted by molar-refractivity contribution is -0.116. The molecule has 3 heteroatoms. The minimum absolute atomic E-state index is 0.300. The first kappa shape index (κ1) is 8.71. The molecule has 1 aromatic rings. The molecule has 0 bridgehead atoms. The largest absolute Gasteiger partial charge is 0.352 e. The van der Waals surface area contributed by atoms with Crippen molar-refractivity contribution in [1.82, 2.24) is 5.32 Å². The zero-order valence-electron chi connectivity index (χ0n) is 6.51. The zero-order valence-corrected chi connectivity index (χ0v) is 6.51. The summed E-state index contributed by atoms with van der Waals surface area (Å²) in [5.41, 5.74) is 0.729. The summed E-state index contributed by atoms with van der Waals surface area (Å²) in [6.45, 7) is 3.45. The van der Waals surface area contributed by atoms with Gasteiger partial charge in [0.2, 0.25) is 5.91 Å². The van der Waals surface area contributed by atoms with Crippen LogP contribution in [0.5, 0.6) is 0 Å². The average molecular weight is 166 g/mol. The Balaban J connectivity index is 2.57. The molecule has 12 heavy (non-hydrogen) atoms. The van der Waals surface area contributed by atoms with Gasteiger partial charge in [0.1, 0.15) is 5.82 Å². The molecule has 63 valence electrons. The molecule has 1 radical (unpaired) electrons. The number of halogens is 1. The van der Waals surface area contributed by atoms with E-state index in [0.717, 1.165) is 5.56 Å². The number of benzene rings is 1. The fourth-order valence-electron chi connectivity index (χ4n) is 0.848. The van der Waals surface area contributed by atoms with Crippen LogP contribution in [0.2, 0.25) is 0 Å². The lowest BCUT2D eigenvalue weighted by Gasteiger charge is -2.01. The van der Waals surface area contributed by atoms with Crippen LogP contribution in [0.1, 0.15) is 5.56 Å². The predicted molar refractivity (Wildman–Crippen MR) is 43.6 cm³/mol. The lowest BCUT2D eigenvalue weighted by atomic mass is 10.2. The highest BCUT2D eigenvalue weighted by molar-refractivity contribution is 5.79. The van der Waals surface area contributed by atoms with Crippen molar-refractivity contribution in [2.45, 2.75) is 6.54 Å². The summed E-state index contributed by atoms with van der Waals surface area (Å²) in [6, 6.07) is 6.06. The quantitative estimate of drug-likeness (QED) is 0.704. The van der Waals surface area contributed by atoms with Gasteiger partial charge in [-0.1, -0.05) is 12.1 Å². The molecule has 1 aromatic carbocycles. The van der Waals surface area contributed by atoms with E-state index in [9.17, 15) is 9.18 Å². The van der Waals surface area contributed by atoms with Crippen molar-refractivity contribution < 1.29 is 9.18 Å². The normalized spacial score (nSPS) is 9.50. The highest BCUT2D eigenvalue weighted by Gasteiger charge is 1.95. The molecule has 0 saturated heterocycles. The van der Waals surface area contributed by atoms with Gasteiger partial charge in [-0.15, -0.1) is 0 Å². The van der Waals surface area contributed by atoms with Gasteiger partial charge in [-0.2, -0.15) is 0 Å². The molecule has 1 rings (SSSR count). The average Bonchev–Trinajstić information content (AvgIpc) is 2.01. The third kappa shape index (κ3) is 2.70. The molecule has 0 heterocycles. The SMILES string of the molecule is [CH2]C(=O)NCc1cccc(F)c1. The lowest BCUT2D eigenvalue weighted by Crippen LogP contribution is -2.19. The fraction of sp³-hybridized carbons (Fsp3) is 0.111. The Morgan fingerprint density at radius 3 is 2.92 bits per heavy atom. The molecule has 2 nitrogen and oxygen atoms in total. The van der Waals surface area contributed by atoms with Crippen LogP contribution < -0.4 is 5.32 Å². The van der Waals surface area contributed by atoms with E-state index in [-0.39, 0.29) is 11.7 Å². The molecule has 1 amide bonds. The fourth-order valence-corrected chi connectivity index (χ4v) is 0.848. The molecule has 0 aliphatic heterocycles. The summed E-state index contributed by atoms with van der Waals surface area (Å²) in [4.78, 5) is 10.4. The minimum atomic E-state index is -0.362. The molecule has 1 N–H and O–H groups in total. The summed E-state index contributed by atoms with van der Waals surface area (Å²) >= 11 is 0. The van der Waals surface area contributed by atoms with Crippen LogP contribution in [0.15, 0.2) is 24.3 Å². The second kappa shape index (κ2) is 3.85. The van der Waals surface area contributed by atoms with E-state index >= 15 is 0 Å². The molecule has 0 unspecified atom stereocenters. The molecule has 0 saturated carbocycles. The van der Waals surface area contributed by atoms with Crippen LogP contribution in [0.3, 0.4) is 0 Å². The van der Waals surface area contributed by atoms with Crippen LogP contribution in [0.25, 0.3) is 0 Å². The van der Waals surface area contributed by atoms with E-state index in [4.69, 9.17) is 0 Å². The van der Waals surface area contributed by atoms with Gasteiger partial charge in [-0.3, -0.25) is 4.79 Å². The number of carbonyl (C=O) groups is 1. The van der Waals surface area contributed by atoms with Gasteiger partial charge in [0.15, 0.2) is 0 Å². The highest BCUT2D eigenvalue weighted by atomic mass is 19.1. The van der Waals surface area contributed by atoms with E-state index in [1.807, 2.05) is 0 Å². The summed E-state index contributed by atoms with van der Waals surface area (Å²) in [7, 11) is 0. The van der Waals surface area contributed by atoms with Crippen molar-refractivity contribution in [2.24, 2.45) is 0 Å². The predicted octanol–water partition coefficient (Wildman–Crippen LogP) is 1.28. The third-order valence-electron chi connectivity index (χ3n) is 1.38. The Labute approximate surface area is 70.4 Å². The Bertz CT molecular complexity index is 286. The van der Waals surface area contributed by atoms with Crippen molar-refractivity contribution in [2.75, 3.05) is 0 Å². The minimum Gasteiger partial charge on any atom is -0.352 e. The molecule has 0 aliphatic rings. The zero-order chi connectivity index (χ0) is 8.97. The van der Waals surface area contributed by atoms with Gasteiger partial charge in [0, 0.05) is 13.5 Å². The first-order valence-corrected chi connectivity index (χ1v) is 3.53. The first-order chi connectivity index (χ1) is 5.68. The third-order valence-corrected chi connectivity index (χ3v) is 1.38. The van der Waals surface area contributed by atoms with E-state index in [1.165, 1.54) is 12.1 Å². The van der Waals surface area contributed by atoms with E-state index in [2.05, 4.69) is 12.2 Å². The van der Waals surface area contributed by atoms with Crippen LogP contribution in [0, 0.1) is 12.7 Å². The van der Waals surface area contributed by atoms with Crippen molar-refractivity contribution in [3.8, 4) is 0 Å². The summed E-state index contributed by atoms with van der Waals surface area (Å²) in [6.07, 6.45) is 0. The Morgan fingerprint density at radius 1 is 1.58 bits per heavy atom. The number of carbonyl (C=O) groups excluding carboxylic acids is 1. The summed E-state index contributed by atoms with van der Waals surface area (Å²) < 4.78 is 12.6. The van der Waals surface area contributed by atoms with Gasteiger partial charge in [0.25, 0.3) is 0 Å². The second-order valence-corrected chi connectivity index (χ2v) is 2.41. The van der Waals surface area contributed by atoms with Gasteiger partial charge in [0.05, 0.1) is 0 Å². The standard InChI is InChI=1S/C9H9FNO/c1-7(12)11-6-8-3-2-4-9(10)5-8/h2-5H,1,6H2,(H,11,12). The number of nitrogens with one attached hydrogen (secondary N) is 1. The van der Waals surface area contributed by atoms with Crippen LogP contribution in [-0.4, -0.2) is 5.91 Å². The molecule has 0 aliphatic carbocycles. The van der Waals surface area contributed by atoms with E-state index in [1.54, 1.807) is 12.1 Å². The van der Waals surface area contributed by atoms with E-state index < -0.39 is 0 Å². The molecule has 0 aromatic heterocycles. The molecule has 0 spiro atoms. The maximum atomic E-state index is 12.6. The Hall–Kier alpha value is -1.38. The van der Waals surface area contributed by atoms with Gasteiger partial charge in [-0.25, -0.2) is 4.39 Å². The van der Waals surface area contributed by atoms with Crippen molar-refractivity contribution in [3.63, 3.8) is 0 Å². The Morgan fingerprint density at radius 2 is 2.33 bits per heavy atom. The number of rotatable bonds is 2. The monoisotopic (exact) mass is 166 g/mol. The number of amides is 1. The van der Waals surface area contributed by atoms with Crippen molar-refractivity contribution in [3.05, 3.63) is 42.6 Å². The maximum absolute atomic E-state index is 12.6. The molecule has 0 atom stereocenters. The van der Waals surface area contributed by atoms with Crippen LogP contribution in [-0.2, 0) is 11.3 Å². The summed E-state index contributed by atoms with van der Waals surface area (Å²) in [5.74, 6) is -0.662. The van der Waals surface area contributed by atoms with Gasteiger partial charge in [-0.05, 0) is 17.7 Å². The van der Waals surface area contributed by atoms with E-state index in [0.29, 0.717) is 6.54 Å². The number of hydrogen-bond donors (Lipinski definition) is 1. The summed E-state index contributed by atoms with van der Waals surface area (Å²) in [5, 5.41) is 2.47. The first-order valence-electron chi connectivity index (χ1n) is 3.53. The van der Waals surface area contributed by atoms with Crippen molar-refractivity contribution in [1.29, 1.82) is 0 Å². The highest BCUT2D eigenvalue weighted by Crippen LogP contribution is 2.02. The number of hydrogen-bond acceptors (Lipinski definition) is 1. The van der Waals surface area contributed by atoms with Gasteiger partial charge < -0.3 is 5.32 Å². The smallest absolute Gasteiger partial charge is 0.220 e. The second-order valence-electron chi connectivity index (χ2n) is 2.41.